The fourth-order valence-corrected chi connectivity index (χ4v) is 3.19. The third-order valence-electron chi connectivity index (χ3n) is 4.23. The topological polar surface area (TPSA) is 49.3 Å². The van der Waals surface area contributed by atoms with E-state index in [0.29, 0.717) is 17.5 Å². The van der Waals surface area contributed by atoms with Crippen molar-refractivity contribution in [3.05, 3.63) is 33.4 Å². The Morgan fingerprint density at radius 2 is 1.85 bits per heavy atom. The SMILES string of the molecule is CC1(C)CCC(O)(CNC(=O)c2ccccc2I)CC1. The molecule has 2 N–H and O–H groups in total. The Labute approximate surface area is 134 Å². The highest BCUT2D eigenvalue weighted by Gasteiger charge is 2.36. The summed E-state index contributed by atoms with van der Waals surface area (Å²) >= 11 is 2.15. The lowest BCUT2D eigenvalue weighted by Crippen LogP contribution is -2.46. The van der Waals surface area contributed by atoms with Gasteiger partial charge in [-0.2, -0.15) is 0 Å². The van der Waals surface area contributed by atoms with E-state index in [2.05, 4.69) is 41.8 Å². The van der Waals surface area contributed by atoms with E-state index < -0.39 is 5.60 Å². The van der Waals surface area contributed by atoms with Crippen LogP contribution in [-0.2, 0) is 0 Å². The molecule has 1 saturated carbocycles. The third-order valence-corrected chi connectivity index (χ3v) is 5.17. The molecule has 0 bridgehead atoms. The summed E-state index contributed by atoms with van der Waals surface area (Å²) < 4.78 is 0.930. The molecular weight excluding hydrogens is 365 g/mol. The second-order valence-corrected chi connectivity index (χ2v) is 7.71. The number of rotatable bonds is 3. The quantitative estimate of drug-likeness (QED) is 0.782. The van der Waals surface area contributed by atoms with Gasteiger partial charge in [0.25, 0.3) is 5.91 Å². The molecule has 0 saturated heterocycles. The van der Waals surface area contributed by atoms with Gasteiger partial charge in [0.05, 0.1) is 11.2 Å². The molecule has 20 heavy (non-hydrogen) atoms. The van der Waals surface area contributed by atoms with Crippen molar-refractivity contribution in [1.82, 2.24) is 5.32 Å². The second kappa shape index (κ2) is 6.02. The van der Waals surface area contributed by atoms with E-state index >= 15 is 0 Å². The van der Waals surface area contributed by atoms with Gasteiger partial charge in [-0.05, 0) is 65.8 Å². The van der Waals surface area contributed by atoms with Gasteiger partial charge in [-0.1, -0.05) is 26.0 Å². The van der Waals surface area contributed by atoms with Crippen LogP contribution in [0.15, 0.2) is 24.3 Å². The zero-order valence-electron chi connectivity index (χ0n) is 12.1. The summed E-state index contributed by atoms with van der Waals surface area (Å²) in [5, 5.41) is 13.4. The van der Waals surface area contributed by atoms with Crippen LogP contribution < -0.4 is 5.32 Å². The van der Waals surface area contributed by atoms with Crippen LogP contribution in [0.4, 0.5) is 0 Å². The molecule has 0 aromatic heterocycles. The molecule has 1 aliphatic rings. The second-order valence-electron chi connectivity index (χ2n) is 6.55. The molecule has 110 valence electrons. The number of amides is 1. The van der Waals surface area contributed by atoms with E-state index in [0.717, 1.165) is 29.3 Å². The lowest BCUT2D eigenvalue weighted by Gasteiger charge is -2.40. The first-order valence-electron chi connectivity index (χ1n) is 7.07. The molecule has 4 heteroatoms. The van der Waals surface area contributed by atoms with Crippen LogP contribution in [0.1, 0.15) is 49.9 Å². The lowest BCUT2D eigenvalue weighted by molar-refractivity contribution is -0.0233. The van der Waals surface area contributed by atoms with Crippen LogP contribution in [0.5, 0.6) is 0 Å². The Morgan fingerprint density at radius 3 is 2.45 bits per heavy atom. The Bertz CT molecular complexity index is 489. The first kappa shape index (κ1) is 15.8. The van der Waals surface area contributed by atoms with Gasteiger partial charge >= 0.3 is 0 Å². The molecule has 0 spiro atoms. The fourth-order valence-electron chi connectivity index (χ4n) is 2.55. The van der Waals surface area contributed by atoms with E-state index in [1.54, 1.807) is 0 Å². The van der Waals surface area contributed by atoms with Gasteiger partial charge < -0.3 is 10.4 Å². The van der Waals surface area contributed by atoms with Gasteiger partial charge in [0, 0.05) is 10.1 Å². The van der Waals surface area contributed by atoms with Crippen molar-refractivity contribution in [3.63, 3.8) is 0 Å². The third kappa shape index (κ3) is 3.95. The summed E-state index contributed by atoms with van der Waals surface area (Å²) in [4.78, 5) is 12.2. The van der Waals surface area contributed by atoms with Crippen molar-refractivity contribution in [3.8, 4) is 0 Å². The maximum atomic E-state index is 12.2. The van der Waals surface area contributed by atoms with E-state index in [1.165, 1.54) is 0 Å². The van der Waals surface area contributed by atoms with Crippen molar-refractivity contribution >= 4 is 28.5 Å². The van der Waals surface area contributed by atoms with Gasteiger partial charge in [-0.15, -0.1) is 0 Å². The summed E-state index contributed by atoms with van der Waals surface area (Å²) in [6.45, 7) is 4.81. The van der Waals surface area contributed by atoms with Crippen molar-refractivity contribution in [2.45, 2.75) is 45.1 Å². The molecule has 1 aromatic carbocycles. The molecule has 2 rings (SSSR count). The van der Waals surface area contributed by atoms with Crippen molar-refractivity contribution in [1.29, 1.82) is 0 Å². The van der Waals surface area contributed by atoms with Gasteiger partial charge in [0.1, 0.15) is 0 Å². The highest BCUT2D eigenvalue weighted by Crippen LogP contribution is 2.39. The number of carbonyl (C=O) groups is 1. The van der Waals surface area contributed by atoms with Crippen LogP contribution >= 0.6 is 22.6 Å². The van der Waals surface area contributed by atoms with Crippen LogP contribution in [-0.4, -0.2) is 23.2 Å². The van der Waals surface area contributed by atoms with Gasteiger partial charge in [-0.3, -0.25) is 4.79 Å². The highest BCUT2D eigenvalue weighted by atomic mass is 127. The smallest absolute Gasteiger partial charge is 0.252 e. The Morgan fingerprint density at radius 1 is 1.25 bits per heavy atom. The van der Waals surface area contributed by atoms with E-state index in [9.17, 15) is 9.90 Å². The van der Waals surface area contributed by atoms with Gasteiger partial charge in [-0.25, -0.2) is 0 Å². The van der Waals surface area contributed by atoms with E-state index in [4.69, 9.17) is 0 Å². The molecule has 3 nitrogen and oxygen atoms in total. The Kier molecular flexibility index (Phi) is 4.74. The first-order valence-corrected chi connectivity index (χ1v) is 8.14. The normalized spacial score (nSPS) is 20.4. The molecule has 1 aromatic rings. The minimum Gasteiger partial charge on any atom is -0.388 e. The summed E-state index contributed by atoms with van der Waals surface area (Å²) in [5.74, 6) is -0.103. The molecule has 0 atom stereocenters. The number of carbonyl (C=O) groups excluding carboxylic acids is 1. The molecule has 0 unspecified atom stereocenters. The molecule has 1 fully saturated rings. The number of halogens is 1. The predicted octanol–water partition coefficient (Wildman–Crippen LogP) is 3.35. The maximum absolute atomic E-state index is 12.2. The largest absolute Gasteiger partial charge is 0.388 e. The highest BCUT2D eigenvalue weighted by molar-refractivity contribution is 14.1. The summed E-state index contributed by atoms with van der Waals surface area (Å²) in [5.41, 5.74) is 0.240. The van der Waals surface area contributed by atoms with E-state index in [-0.39, 0.29) is 5.91 Å². The predicted molar refractivity (Wildman–Crippen MR) is 88.7 cm³/mol. The van der Waals surface area contributed by atoms with Crippen LogP contribution in [0, 0.1) is 8.99 Å². The number of nitrogens with one attached hydrogen (secondary N) is 1. The summed E-state index contributed by atoms with van der Waals surface area (Å²) in [7, 11) is 0. The fraction of sp³-hybridized carbons (Fsp3) is 0.562. The zero-order chi connectivity index (χ0) is 14.8. The number of aliphatic hydroxyl groups is 1. The minimum atomic E-state index is -0.745. The van der Waals surface area contributed by atoms with Crippen molar-refractivity contribution in [2.75, 3.05) is 6.54 Å². The number of benzene rings is 1. The average Bonchev–Trinajstić information content (AvgIpc) is 2.41. The van der Waals surface area contributed by atoms with E-state index in [1.807, 2.05) is 24.3 Å². The Hall–Kier alpha value is -0.620. The molecule has 0 heterocycles. The lowest BCUT2D eigenvalue weighted by atomic mass is 9.71. The standard InChI is InChI=1S/C16H22INO2/c1-15(2)7-9-16(20,10-8-15)11-18-14(19)12-5-3-4-6-13(12)17/h3-6,20H,7-11H2,1-2H3,(H,18,19). The van der Waals surface area contributed by atoms with Gasteiger partial charge in [0.2, 0.25) is 0 Å². The summed E-state index contributed by atoms with van der Waals surface area (Å²) in [6.07, 6.45) is 3.52. The number of hydrogen-bond donors (Lipinski definition) is 2. The Balaban J connectivity index is 1.92. The molecule has 1 aliphatic carbocycles. The van der Waals surface area contributed by atoms with Gasteiger partial charge in [0.15, 0.2) is 0 Å². The summed E-state index contributed by atoms with van der Waals surface area (Å²) in [6, 6.07) is 7.49. The first-order chi connectivity index (χ1) is 9.31. The monoisotopic (exact) mass is 387 g/mol. The van der Waals surface area contributed by atoms with Crippen molar-refractivity contribution < 1.29 is 9.90 Å². The molecular formula is C16H22INO2. The van der Waals surface area contributed by atoms with Crippen molar-refractivity contribution in [2.24, 2.45) is 5.41 Å². The number of hydrogen-bond acceptors (Lipinski definition) is 2. The molecule has 0 radical (unpaired) electrons. The minimum absolute atomic E-state index is 0.103. The zero-order valence-corrected chi connectivity index (χ0v) is 14.2. The maximum Gasteiger partial charge on any atom is 0.252 e. The molecule has 0 aliphatic heterocycles. The molecule has 1 amide bonds. The van der Waals surface area contributed by atoms with Crippen LogP contribution in [0.2, 0.25) is 0 Å². The van der Waals surface area contributed by atoms with Crippen LogP contribution in [0.25, 0.3) is 0 Å². The average molecular weight is 387 g/mol. The van der Waals surface area contributed by atoms with Crippen LogP contribution in [0.3, 0.4) is 0 Å².